The van der Waals surface area contributed by atoms with Gasteiger partial charge in [0.25, 0.3) is 5.91 Å². The van der Waals surface area contributed by atoms with Crippen molar-refractivity contribution in [3.8, 4) is 11.5 Å². The summed E-state index contributed by atoms with van der Waals surface area (Å²) in [6.45, 7) is 1.69. The molecule has 0 aliphatic heterocycles. The van der Waals surface area contributed by atoms with E-state index < -0.39 is 17.9 Å². The van der Waals surface area contributed by atoms with Gasteiger partial charge in [-0.2, -0.15) is 0 Å². The van der Waals surface area contributed by atoms with Crippen molar-refractivity contribution in [2.24, 2.45) is 0 Å². The van der Waals surface area contributed by atoms with Gasteiger partial charge in [0.15, 0.2) is 18.1 Å². The van der Waals surface area contributed by atoms with E-state index in [4.69, 9.17) is 9.47 Å². The van der Waals surface area contributed by atoms with E-state index in [-0.39, 0.29) is 23.8 Å². The highest BCUT2D eigenvalue weighted by atomic mass is 16.6. The number of carbonyl (C=O) groups excluding carboxylic acids is 3. The van der Waals surface area contributed by atoms with E-state index in [0.29, 0.717) is 12.3 Å². The van der Waals surface area contributed by atoms with E-state index in [9.17, 15) is 14.4 Å². The molecule has 0 heterocycles. The topological polar surface area (TPSA) is 103 Å². The minimum atomic E-state index is -0.729. The van der Waals surface area contributed by atoms with Crippen molar-refractivity contribution in [1.82, 2.24) is 10.6 Å². The van der Waals surface area contributed by atoms with Crippen LogP contribution in [0.3, 0.4) is 0 Å². The minimum absolute atomic E-state index is 0.280. The zero-order valence-corrected chi connectivity index (χ0v) is 16.6. The number of ether oxygens (including phenoxy) is 3. The van der Waals surface area contributed by atoms with E-state index in [2.05, 4.69) is 15.4 Å². The molecule has 0 spiro atoms. The Morgan fingerprint density at radius 3 is 2.38 bits per heavy atom. The molecule has 0 aromatic heterocycles. The Hall–Kier alpha value is -3.55. The summed E-state index contributed by atoms with van der Waals surface area (Å²) in [7, 11) is 2.68. The van der Waals surface area contributed by atoms with Gasteiger partial charge in [0.1, 0.15) is 6.04 Å². The van der Waals surface area contributed by atoms with E-state index in [1.165, 1.54) is 32.4 Å². The fourth-order valence-electron chi connectivity index (χ4n) is 2.41. The van der Waals surface area contributed by atoms with Crippen LogP contribution in [0.2, 0.25) is 0 Å². The predicted octanol–water partition coefficient (Wildman–Crippen LogP) is 1.68. The highest BCUT2D eigenvalue weighted by Crippen LogP contribution is 2.28. The van der Waals surface area contributed by atoms with Gasteiger partial charge < -0.3 is 24.8 Å². The molecule has 8 nitrogen and oxygen atoms in total. The fraction of sp³-hybridized carbons (Fsp3) is 0.286. The molecule has 0 bridgehead atoms. The number of hydrogen-bond acceptors (Lipinski definition) is 6. The molecule has 29 heavy (non-hydrogen) atoms. The first-order valence-electron chi connectivity index (χ1n) is 8.94. The molecular formula is C21H24N2O6. The molecule has 8 heteroatoms. The minimum Gasteiger partial charge on any atom is -0.493 e. The van der Waals surface area contributed by atoms with Gasteiger partial charge in [-0.1, -0.05) is 30.3 Å². The standard InChI is InChI=1S/C21H24N2O6/c1-14(20(25)22-12-15-7-5-4-6-8-15)23-21(26)16-9-10-17(18(11-16)27-2)29-13-19(24)28-3/h4-11,14H,12-13H2,1-3H3,(H,22,25)(H,23,26). The Labute approximate surface area is 169 Å². The average molecular weight is 400 g/mol. The quantitative estimate of drug-likeness (QED) is 0.621. The summed E-state index contributed by atoms with van der Waals surface area (Å²) in [5.74, 6) is -0.701. The van der Waals surface area contributed by atoms with Crippen molar-refractivity contribution in [3.63, 3.8) is 0 Å². The van der Waals surface area contributed by atoms with Crippen molar-refractivity contribution in [3.05, 3.63) is 59.7 Å². The summed E-state index contributed by atoms with van der Waals surface area (Å²) >= 11 is 0. The van der Waals surface area contributed by atoms with Crippen molar-refractivity contribution >= 4 is 17.8 Å². The third-order valence-corrected chi connectivity index (χ3v) is 4.05. The number of nitrogens with one attached hydrogen (secondary N) is 2. The fourth-order valence-corrected chi connectivity index (χ4v) is 2.41. The van der Waals surface area contributed by atoms with E-state index in [0.717, 1.165) is 5.56 Å². The van der Waals surface area contributed by atoms with Crippen LogP contribution in [-0.4, -0.2) is 44.7 Å². The van der Waals surface area contributed by atoms with Gasteiger partial charge in [0.2, 0.25) is 5.91 Å². The Kier molecular flexibility index (Phi) is 8.02. The molecular weight excluding hydrogens is 376 g/mol. The highest BCUT2D eigenvalue weighted by molar-refractivity contribution is 5.98. The van der Waals surface area contributed by atoms with E-state index >= 15 is 0 Å². The molecule has 2 N–H and O–H groups in total. The Morgan fingerprint density at radius 2 is 1.72 bits per heavy atom. The second-order valence-electron chi connectivity index (χ2n) is 6.13. The summed E-state index contributed by atoms with van der Waals surface area (Å²) in [4.78, 5) is 35.9. The lowest BCUT2D eigenvalue weighted by atomic mass is 10.1. The third-order valence-electron chi connectivity index (χ3n) is 4.05. The number of hydrogen-bond donors (Lipinski definition) is 2. The molecule has 2 rings (SSSR count). The number of rotatable bonds is 9. The van der Waals surface area contributed by atoms with Crippen molar-refractivity contribution in [1.29, 1.82) is 0 Å². The SMILES string of the molecule is COC(=O)COc1ccc(C(=O)NC(C)C(=O)NCc2ccccc2)cc1OC. The molecule has 0 aliphatic rings. The van der Waals surface area contributed by atoms with Crippen LogP contribution in [0.5, 0.6) is 11.5 Å². The second kappa shape index (κ2) is 10.7. The Balaban J connectivity index is 1.94. The zero-order chi connectivity index (χ0) is 21.2. The predicted molar refractivity (Wildman–Crippen MR) is 106 cm³/mol. The van der Waals surface area contributed by atoms with Crippen LogP contribution in [0.15, 0.2) is 48.5 Å². The third kappa shape index (κ3) is 6.53. The summed E-state index contributed by atoms with van der Waals surface area (Å²) in [6.07, 6.45) is 0. The number of esters is 1. The lowest BCUT2D eigenvalue weighted by Gasteiger charge is -2.15. The summed E-state index contributed by atoms with van der Waals surface area (Å²) in [5, 5.41) is 5.42. The molecule has 0 aliphatic carbocycles. The maximum Gasteiger partial charge on any atom is 0.343 e. The van der Waals surface area contributed by atoms with Crippen LogP contribution < -0.4 is 20.1 Å². The van der Waals surface area contributed by atoms with Gasteiger partial charge in [-0.05, 0) is 30.7 Å². The van der Waals surface area contributed by atoms with E-state index in [1.54, 1.807) is 6.92 Å². The molecule has 2 aromatic rings. The van der Waals surface area contributed by atoms with Crippen LogP contribution in [-0.2, 0) is 20.9 Å². The lowest BCUT2D eigenvalue weighted by Crippen LogP contribution is -2.44. The van der Waals surface area contributed by atoms with Gasteiger partial charge >= 0.3 is 5.97 Å². The number of carbonyl (C=O) groups is 3. The first-order valence-corrected chi connectivity index (χ1v) is 8.94. The monoisotopic (exact) mass is 400 g/mol. The molecule has 0 saturated heterocycles. The molecule has 2 amide bonds. The second-order valence-corrected chi connectivity index (χ2v) is 6.13. The highest BCUT2D eigenvalue weighted by Gasteiger charge is 2.18. The van der Waals surface area contributed by atoms with Gasteiger partial charge in [0, 0.05) is 12.1 Å². The maximum atomic E-state index is 12.5. The maximum absolute atomic E-state index is 12.5. The molecule has 154 valence electrons. The van der Waals surface area contributed by atoms with Crippen molar-refractivity contribution < 1.29 is 28.6 Å². The van der Waals surface area contributed by atoms with Crippen molar-refractivity contribution in [2.45, 2.75) is 19.5 Å². The normalized spacial score (nSPS) is 11.1. The molecule has 0 fully saturated rings. The molecule has 2 aromatic carbocycles. The average Bonchev–Trinajstić information content (AvgIpc) is 2.76. The number of methoxy groups -OCH3 is 2. The zero-order valence-electron chi connectivity index (χ0n) is 16.6. The molecule has 1 atom stereocenters. The van der Waals surface area contributed by atoms with Gasteiger partial charge in [0.05, 0.1) is 14.2 Å². The molecule has 0 saturated carbocycles. The van der Waals surface area contributed by atoms with Crippen LogP contribution in [0.1, 0.15) is 22.8 Å². The number of benzene rings is 2. The Morgan fingerprint density at radius 1 is 1.00 bits per heavy atom. The van der Waals surface area contributed by atoms with Gasteiger partial charge in [-0.15, -0.1) is 0 Å². The van der Waals surface area contributed by atoms with Crippen LogP contribution in [0.4, 0.5) is 0 Å². The van der Waals surface area contributed by atoms with Gasteiger partial charge in [-0.25, -0.2) is 4.79 Å². The van der Waals surface area contributed by atoms with Crippen LogP contribution in [0.25, 0.3) is 0 Å². The molecule has 0 radical (unpaired) electrons. The number of amides is 2. The van der Waals surface area contributed by atoms with Crippen molar-refractivity contribution in [2.75, 3.05) is 20.8 Å². The molecule has 1 unspecified atom stereocenters. The Bertz CT molecular complexity index is 854. The smallest absolute Gasteiger partial charge is 0.343 e. The summed E-state index contributed by atoms with van der Waals surface area (Å²) in [6, 6.07) is 13.2. The van der Waals surface area contributed by atoms with Gasteiger partial charge in [-0.3, -0.25) is 9.59 Å². The first-order chi connectivity index (χ1) is 13.9. The largest absolute Gasteiger partial charge is 0.493 e. The summed E-state index contributed by atoms with van der Waals surface area (Å²) in [5.41, 5.74) is 1.25. The summed E-state index contributed by atoms with van der Waals surface area (Å²) < 4.78 is 15.0. The first kappa shape index (κ1) is 21.7. The van der Waals surface area contributed by atoms with Crippen LogP contribution >= 0.6 is 0 Å². The lowest BCUT2D eigenvalue weighted by molar-refractivity contribution is -0.142. The van der Waals surface area contributed by atoms with E-state index in [1.807, 2.05) is 30.3 Å². The van der Waals surface area contributed by atoms with Crippen LogP contribution in [0, 0.1) is 0 Å².